The van der Waals surface area contributed by atoms with Gasteiger partial charge in [-0.15, -0.1) is 21.5 Å². The fourth-order valence-corrected chi connectivity index (χ4v) is 4.34. The fourth-order valence-electron chi connectivity index (χ4n) is 3.16. The fraction of sp³-hybridized carbons (Fsp3) is 0.500. The molecular formula is C18H22N4OS. The van der Waals surface area contributed by atoms with Gasteiger partial charge in [0, 0.05) is 30.6 Å². The summed E-state index contributed by atoms with van der Waals surface area (Å²) in [5.41, 5.74) is 2.01. The van der Waals surface area contributed by atoms with Crippen LogP contribution < -0.4 is 5.32 Å². The van der Waals surface area contributed by atoms with Crippen LogP contribution in [-0.4, -0.2) is 34.2 Å². The van der Waals surface area contributed by atoms with Gasteiger partial charge < -0.3 is 10.2 Å². The second kappa shape index (κ2) is 6.51. The molecule has 2 amide bonds. The number of nitrogens with zero attached hydrogens (tertiary/aromatic N) is 3. The molecule has 2 fully saturated rings. The smallest absolute Gasteiger partial charge is 0.321 e. The van der Waals surface area contributed by atoms with Crippen LogP contribution in [0.3, 0.4) is 0 Å². The van der Waals surface area contributed by atoms with Gasteiger partial charge in [0.15, 0.2) is 0 Å². The quantitative estimate of drug-likeness (QED) is 0.912. The lowest BCUT2D eigenvalue weighted by molar-refractivity contribution is 0.194. The highest BCUT2D eigenvalue weighted by atomic mass is 32.1. The number of nitrogens with one attached hydrogen (secondary N) is 1. The maximum absolute atomic E-state index is 12.4. The van der Waals surface area contributed by atoms with Gasteiger partial charge in [0.2, 0.25) is 0 Å². The topological polar surface area (TPSA) is 58.1 Å². The summed E-state index contributed by atoms with van der Waals surface area (Å²) in [6, 6.07) is 7.90. The number of aromatic nitrogens is 2. The van der Waals surface area contributed by atoms with Crippen LogP contribution in [-0.2, 0) is 0 Å². The number of benzene rings is 1. The van der Waals surface area contributed by atoms with Crippen LogP contribution in [0.2, 0.25) is 0 Å². The molecule has 0 unspecified atom stereocenters. The lowest BCUT2D eigenvalue weighted by Gasteiger charge is -2.31. The van der Waals surface area contributed by atoms with Crippen LogP contribution >= 0.6 is 11.3 Å². The van der Waals surface area contributed by atoms with Crippen LogP contribution in [0.5, 0.6) is 0 Å². The number of carbonyl (C=O) groups excluding carboxylic acids is 1. The number of rotatable bonds is 3. The Labute approximate surface area is 146 Å². The van der Waals surface area contributed by atoms with Gasteiger partial charge >= 0.3 is 6.03 Å². The van der Waals surface area contributed by atoms with Crippen molar-refractivity contribution >= 4 is 23.1 Å². The number of carbonyl (C=O) groups is 1. The Morgan fingerprint density at radius 3 is 2.42 bits per heavy atom. The van der Waals surface area contributed by atoms with Crippen LogP contribution in [0.15, 0.2) is 24.3 Å². The van der Waals surface area contributed by atoms with Gasteiger partial charge in [0.25, 0.3) is 0 Å². The number of likely N-dealkylation sites (tertiary alicyclic amines) is 1. The molecule has 0 atom stereocenters. The third-order valence-corrected chi connectivity index (χ3v) is 6.03. The molecule has 5 nitrogen and oxygen atoms in total. The van der Waals surface area contributed by atoms with Gasteiger partial charge in [0.1, 0.15) is 10.0 Å². The minimum atomic E-state index is -0.00465. The molecule has 1 aliphatic heterocycles. The molecule has 1 saturated heterocycles. The third-order valence-electron chi connectivity index (χ3n) is 4.78. The first-order valence-corrected chi connectivity index (χ1v) is 9.46. The number of hydrogen-bond acceptors (Lipinski definition) is 4. The first-order valence-electron chi connectivity index (χ1n) is 8.65. The van der Waals surface area contributed by atoms with E-state index in [-0.39, 0.29) is 6.03 Å². The molecule has 2 aliphatic rings. The predicted molar refractivity (Wildman–Crippen MR) is 95.6 cm³/mol. The highest BCUT2D eigenvalue weighted by Crippen LogP contribution is 2.43. The van der Waals surface area contributed by atoms with Gasteiger partial charge in [-0.2, -0.15) is 0 Å². The summed E-state index contributed by atoms with van der Waals surface area (Å²) in [6.45, 7) is 3.58. The summed E-state index contributed by atoms with van der Waals surface area (Å²) in [4.78, 5) is 14.3. The van der Waals surface area contributed by atoms with Gasteiger partial charge in [-0.05, 0) is 50.3 Å². The molecule has 1 aromatic carbocycles. The van der Waals surface area contributed by atoms with Crippen LogP contribution in [0.25, 0.3) is 0 Å². The maximum atomic E-state index is 12.4. The number of piperidine rings is 1. The second-order valence-electron chi connectivity index (χ2n) is 6.81. The molecule has 6 heteroatoms. The van der Waals surface area contributed by atoms with E-state index in [1.807, 2.05) is 36.1 Å². The average Bonchev–Trinajstić information content (AvgIpc) is 3.32. The normalized spacial score (nSPS) is 18.6. The number of aryl methyl sites for hydroxylation is 1. The van der Waals surface area contributed by atoms with E-state index in [9.17, 15) is 4.79 Å². The second-order valence-corrected chi connectivity index (χ2v) is 7.85. The van der Waals surface area contributed by atoms with Crippen molar-refractivity contribution in [3.05, 3.63) is 39.8 Å². The van der Waals surface area contributed by atoms with Crippen molar-refractivity contribution in [2.24, 2.45) is 0 Å². The first kappa shape index (κ1) is 15.6. The molecule has 126 valence electrons. The van der Waals surface area contributed by atoms with E-state index in [1.165, 1.54) is 17.8 Å². The molecule has 0 radical (unpaired) electrons. The number of urea groups is 1. The number of anilines is 1. The Balaban J connectivity index is 1.32. The summed E-state index contributed by atoms with van der Waals surface area (Å²) < 4.78 is 0. The van der Waals surface area contributed by atoms with E-state index >= 15 is 0 Å². The maximum Gasteiger partial charge on any atom is 0.321 e. The highest BCUT2D eigenvalue weighted by molar-refractivity contribution is 7.11. The minimum Gasteiger partial charge on any atom is -0.324 e. The van der Waals surface area contributed by atoms with Crippen molar-refractivity contribution in [1.29, 1.82) is 0 Å². The molecule has 1 N–H and O–H groups in total. The van der Waals surface area contributed by atoms with Crippen LogP contribution in [0, 0.1) is 6.92 Å². The molecule has 2 heterocycles. The van der Waals surface area contributed by atoms with Crippen molar-refractivity contribution in [3.8, 4) is 0 Å². The zero-order valence-electron chi connectivity index (χ0n) is 13.9. The average molecular weight is 342 g/mol. The Bertz CT molecular complexity index is 732. The summed E-state index contributed by atoms with van der Waals surface area (Å²) in [5.74, 6) is 1.13. The van der Waals surface area contributed by atoms with E-state index in [1.54, 1.807) is 11.3 Å². The van der Waals surface area contributed by atoms with E-state index in [0.29, 0.717) is 11.8 Å². The molecule has 1 saturated carbocycles. The molecule has 1 aromatic heterocycles. The molecule has 0 spiro atoms. The predicted octanol–water partition coefficient (Wildman–Crippen LogP) is 4.14. The lowest BCUT2D eigenvalue weighted by Crippen LogP contribution is -2.40. The van der Waals surface area contributed by atoms with Crippen molar-refractivity contribution in [3.63, 3.8) is 0 Å². The minimum absolute atomic E-state index is 0.00465. The first-order chi connectivity index (χ1) is 11.7. The number of amides is 2. The van der Waals surface area contributed by atoms with Gasteiger partial charge in [-0.3, -0.25) is 0 Å². The summed E-state index contributed by atoms with van der Waals surface area (Å²) in [5, 5.41) is 14.1. The number of hydrogen-bond donors (Lipinski definition) is 1. The Kier molecular flexibility index (Phi) is 4.22. The summed E-state index contributed by atoms with van der Waals surface area (Å²) in [7, 11) is 0. The third kappa shape index (κ3) is 3.43. The van der Waals surface area contributed by atoms with E-state index in [4.69, 9.17) is 0 Å². The van der Waals surface area contributed by atoms with Crippen LogP contribution in [0.1, 0.15) is 53.1 Å². The molecule has 4 rings (SSSR count). The molecule has 0 bridgehead atoms. The van der Waals surface area contributed by atoms with E-state index < -0.39 is 0 Å². The highest BCUT2D eigenvalue weighted by Gasteiger charge is 2.30. The monoisotopic (exact) mass is 342 g/mol. The van der Waals surface area contributed by atoms with Crippen molar-refractivity contribution in [2.75, 3.05) is 18.4 Å². The summed E-state index contributed by atoms with van der Waals surface area (Å²) >= 11 is 1.78. The molecule has 24 heavy (non-hydrogen) atoms. The molecule has 2 aromatic rings. The SMILES string of the molecule is Cc1cccc(NC(=O)N2CCC(c3nnc(C4CC4)s3)CC2)c1. The van der Waals surface area contributed by atoms with Gasteiger partial charge in [0.05, 0.1) is 0 Å². The Hall–Kier alpha value is -1.95. The van der Waals surface area contributed by atoms with Crippen molar-refractivity contribution < 1.29 is 4.79 Å². The zero-order valence-corrected chi connectivity index (χ0v) is 14.7. The Morgan fingerprint density at radius 2 is 1.79 bits per heavy atom. The van der Waals surface area contributed by atoms with Gasteiger partial charge in [-0.25, -0.2) is 4.79 Å². The molecule has 1 aliphatic carbocycles. The standard InChI is InChI=1S/C18H22N4OS/c1-12-3-2-4-15(11-12)19-18(23)22-9-7-14(8-10-22)17-21-20-16(24-17)13-5-6-13/h2-4,11,13-14H,5-10H2,1H3,(H,19,23). The Morgan fingerprint density at radius 1 is 1.12 bits per heavy atom. The van der Waals surface area contributed by atoms with Gasteiger partial charge in [-0.1, -0.05) is 12.1 Å². The molecular weight excluding hydrogens is 320 g/mol. The van der Waals surface area contributed by atoms with Crippen molar-refractivity contribution in [1.82, 2.24) is 15.1 Å². The van der Waals surface area contributed by atoms with Crippen molar-refractivity contribution in [2.45, 2.75) is 44.4 Å². The van der Waals surface area contributed by atoms with E-state index in [2.05, 4.69) is 15.5 Å². The summed E-state index contributed by atoms with van der Waals surface area (Å²) in [6.07, 6.45) is 4.49. The van der Waals surface area contributed by atoms with Crippen LogP contribution in [0.4, 0.5) is 10.5 Å². The zero-order chi connectivity index (χ0) is 16.5. The lowest BCUT2D eigenvalue weighted by atomic mass is 9.98. The largest absolute Gasteiger partial charge is 0.324 e. The van der Waals surface area contributed by atoms with E-state index in [0.717, 1.165) is 42.2 Å².